The molecule has 2 amide bonds. The molecule has 0 bridgehead atoms. The minimum Gasteiger partial charge on any atom is -0.452 e. The molecular formula is C23H23N5O4. The molecule has 1 aromatic carbocycles. The molecule has 9 nitrogen and oxygen atoms in total. The van der Waals surface area contributed by atoms with E-state index in [9.17, 15) is 14.4 Å². The van der Waals surface area contributed by atoms with Crippen LogP contribution < -0.4 is 10.6 Å². The van der Waals surface area contributed by atoms with E-state index in [2.05, 4.69) is 20.7 Å². The van der Waals surface area contributed by atoms with Crippen LogP contribution in [0.15, 0.2) is 54.9 Å². The molecule has 2 heterocycles. The summed E-state index contributed by atoms with van der Waals surface area (Å²) < 4.78 is 6.78. The number of rotatable bonds is 8. The van der Waals surface area contributed by atoms with Gasteiger partial charge >= 0.3 is 5.97 Å². The molecule has 1 saturated carbocycles. The van der Waals surface area contributed by atoms with Crippen molar-refractivity contribution in [2.45, 2.75) is 32.2 Å². The van der Waals surface area contributed by atoms with Crippen molar-refractivity contribution in [1.29, 1.82) is 0 Å². The van der Waals surface area contributed by atoms with Crippen LogP contribution in [0.5, 0.6) is 0 Å². The van der Waals surface area contributed by atoms with Gasteiger partial charge in [-0.05, 0) is 43.5 Å². The topological polar surface area (TPSA) is 115 Å². The quantitative estimate of drug-likeness (QED) is 0.528. The lowest BCUT2D eigenvalue weighted by Gasteiger charge is -2.11. The normalized spacial score (nSPS) is 12.8. The summed E-state index contributed by atoms with van der Waals surface area (Å²) in [6.45, 7) is 1.40. The first-order valence-corrected chi connectivity index (χ1v) is 10.4. The number of amides is 2. The van der Waals surface area contributed by atoms with Gasteiger partial charge in [-0.3, -0.25) is 9.59 Å². The van der Waals surface area contributed by atoms with Crippen LogP contribution in [0.25, 0.3) is 5.82 Å². The van der Waals surface area contributed by atoms with Crippen molar-refractivity contribution in [3.05, 3.63) is 71.7 Å². The molecule has 9 heteroatoms. The molecule has 1 aliphatic carbocycles. The van der Waals surface area contributed by atoms with Gasteiger partial charge in [-0.1, -0.05) is 25.1 Å². The molecule has 0 unspecified atom stereocenters. The summed E-state index contributed by atoms with van der Waals surface area (Å²) in [7, 11) is 0. The summed E-state index contributed by atoms with van der Waals surface area (Å²) in [6, 6.07) is 12.3. The average molecular weight is 433 g/mol. The minimum atomic E-state index is -0.654. The van der Waals surface area contributed by atoms with Crippen LogP contribution in [0.1, 0.15) is 46.2 Å². The van der Waals surface area contributed by atoms with Crippen molar-refractivity contribution in [3.63, 3.8) is 0 Å². The van der Waals surface area contributed by atoms with Gasteiger partial charge in [-0.15, -0.1) is 0 Å². The number of ether oxygens (including phenoxy) is 1. The molecule has 2 aromatic heterocycles. The molecule has 4 rings (SSSR count). The van der Waals surface area contributed by atoms with Crippen molar-refractivity contribution in [1.82, 2.24) is 20.1 Å². The molecule has 3 aromatic rings. The predicted molar refractivity (Wildman–Crippen MR) is 117 cm³/mol. The zero-order valence-electron chi connectivity index (χ0n) is 17.6. The van der Waals surface area contributed by atoms with E-state index in [-0.39, 0.29) is 17.5 Å². The third-order valence-electron chi connectivity index (χ3n) is 4.98. The Bertz CT molecular complexity index is 1140. The maximum absolute atomic E-state index is 12.6. The van der Waals surface area contributed by atoms with E-state index in [1.807, 2.05) is 13.0 Å². The Morgan fingerprint density at radius 3 is 2.59 bits per heavy atom. The number of esters is 1. The van der Waals surface area contributed by atoms with Gasteiger partial charge in [0.2, 0.25) is 0 Å². The van der Waals surface area contributed by atoms with E-state index in [4.69, 9.17) is 4.74 Å². The summed E-state index contributed by atoms with van der Waals surface area (Å²) in [6.07, 6.45) is 5.50. The van der Waals surface area contributed by atoms with Crippen LogP contribution in [-0.2, 0) is 16.0 Å². The smallest absolute Gasteiger partial charge is 0.342 e. The third kappa shape index (κ3) is 4.83. The molecule has 0 atom stereocenters. The molecule has 0 saturated heterocycles. The Labute approximate surface area is 184 Å². The molecule has 0 spiro atoms. The van der Waals surface area contributed by atoms with Crippen LogP contribution in [-0.4, -0.2) is 45.2 Å². The monoisotopic (exact) mass is 433 g/mol. The Hall–Kier alpha value is -4.01. The molecule has 1 fully saturated rings. The number of carbonyl (C=O) groups is 3. The molecule has 0 radical (unpaired) electrons. The second-order valence-electron chi connectivity index (χ2n) is 7.38. The van der Waals surface area contributed by atoms with Crippen molar-refractivity contribution < 1.29 is 19.1 Å². The second-order valence-corrected chi connectivity index (χ2v) is 7.38. The number of hydrogen-bond acceptors (Lipinski definition) is 6. The Balaban J connectivity index is 1.39. The summed E-state index contributed by atoms with van der Waals surface area (Å²) in [4.78, 5) is 41.6. The maximum atomic E-state index is 12.6. The van der Waals surface area contributed by atoms with Gasteiger partial charge in [-0.2, -0.15) is 5.10 Å². The fourth-order valence-corrected chi connectivity index (χ4v) is 3.24. The van der Waals surface area contributed by atoms with Gasteiger partial charge in [0, 0.05) is 12.2 Å². The zero-order chi connectivity index (χ0) is 22.5. The highest BCUT2D eigenvalue weighted by Crippen LogP contribution is 2.21. The number of hydrogen-bond donors (Lipinski definition) is 2. The van der Waals surface area contributed by atoms with E-state index in [1.54, 1.807) is 47.3 Å². The van der Waals surface area contributed by atoms with Gasteiger partial charge in [0.25, 0.3) is 11.8 Å². The van der Waals surface area contributed by atoms with Gasteiger partial charge in [0.1, 0.15) is 5.56 Å². The highest BCUT2D eigenvalue weighted by atomic mass is 16.5. The minimum absolute atomic E-state index is 0.201. The number of pyridine rings is 1. The number of aromatic nitrogens is 3. The lowest BCUT2D eigenvalue weighted by Crippen LogP contribution is -2.28. The number of nitrogens with one attached hydrogen (secondary N) is 2. The molecule has 32 heavy (non-hydrogen) atoms. The number of para-hydroxylation sites is 1. The van der Waals surface area contributed by atoms with Crippen molar-refractivity contribution in [2.24, 2.45) is 0 Å². The summed E-state index contributed by atoms with van der Waals surface area (Å²) in [5.74, 6) is -0.851. The highest BCUT2D eigenvalue weighted by Gasteiger charge is 2.25. The molecule has 0 aliphatic heterocycles. The number of carbonyl (C=O) groups excluding carboxylic acids is 3. The van der Waals surface area contributed by atoms with Gasteiger partial charge in [-0.25, -0.2) is 14.5 Å². The molecule has 1 aliphatic rings. The van der Waals surface area contributed by atoms with E-state index in [0.29, 0.717) is 29.2 Å². The van der Waals surface area contributed by atoms with E-state index < -0.39 is 18.5 Å². The van der Waals surface area contributed by atoms with Crippen LogP contribution in [0.4, 0.5) is 5.69 Å². The van der Waals surface area contributed by atoms with Crippen molar-refractivity contribution >= 4 is 23.5 Å². The van der Waals surface area contributed by atoms with E-state index >= 15 is 0 Å². The Kier molecular flexibility index (Phi) is 6.25. The first-order chi connectivity index (χ1) is 15.6. The first-order valence-electron chi connectivity index (χ1n) is 10.4. The summed E-state index contributed by atoms with van der Waals surface area (Å²) >= 11 is 0. The van der Waals surface area contributed by atoms with Gasteiger partial charge < -0.3 is 15.4 Å². The SMILES string of the molecule is CCc1c(C(=O)OCC(=O)Nc2ccccc2C(=O)NC2CC2)cnn1-c1ccccn1. The Morgan fingerprint density at radius 2 is 1.88 bits per heavy atom. The summed E-state index contributed by atoms with van der Waals surface area (Å²) in [5, 5.41) is 9.78. The Morgan fingerprint density at radius 1 is 1.09 bits per heavy atom. The zero-order valence-corrected chi connectivity index (χ0v) is 17.6. The standard InChI is InChI=1S/C23H23N5O4/c1-2-19-17(13-25-28(19)20-9-5-6-12-24-20)23(31)32-14-21(29)27-18-8-4-3-7-16(18)22(30)26-15-10-11-15/h3-9,12-13,15H,2,10-11,14H2,1H3,(H,26,30)(H,27,29). The van der Waals surface area contributed by atoms with Crippen LogP contribution in [0.3, 0.4) is 0 Å². The molecule has 164 valence electrons. The van der Waals surface area contributed by atoms with Crippen LogP contribution in [0, 0.1) is 0 Å². The maximum Gasteiger partial charge on any atom is 0.342 e. The van der Waals surface area contributed by atoms with Crippen molar-refractivity contribution in [2.75, 3.05) is 11.9 Å². The van der Waals surface area contributed by atoms with E-state index in [0.717, 1.165) is 12.8 Å². The average Bonchev–Trinajstić information content (AvgIpc) is 3.52. The predicted octanol–water partition coefficient (Wildman–Crippen LogP) is 2.52. The van der Waals surface area contributed by atoms with Crippen LogP contribution >= 0.6 is 0 Å². The van der Waals surface area contributed by atoms with Gasteiger partial charge in [0.05, 0.1) is 23.1 Å². The summed E-state index contributed by atoms with van der Waals surface area (Å²) in [5.41, 5.74) is 1.64. The van der Waals surface area contributed by atoms with Gasteiger partial charge in [0.15, 0.2) is 12.4 Å². The van der Waals surface area contributed by atoms with Crippen LogP contribution in [0.2, 0.25) is 0 Å². The molecule has 2 N–H and O–H groups in total. The van der Waals surface area contributed by atoms with E-state index in [1.165, 1.54) is 6.20 Å². The number of benzene rings is 1. The fourth-order valence-electron chi connectivity index (χ4n) is 3.24. The number of anilines is 1. The molecular weight excluding hydrogens is 410 g/mol. The van der Waals surface area contributed by atoms with Crippen molar-refractivity contribution in [3.8, 4) is 5.82 Å². The fraction of sp³-hybridized carbons (Fsp3) is 0.261. The second kappa shape index (κ2) is 9.42. The highest BCUT2D eigenvalue weighted by molar-refractivity contribution is 6.04. The number of nitrogens with zero attached hydrogens (tertiary/aromatic N) is 3. The third-order valence-corrected chi connectivity index (χ3v) is 4.98. The largest absolute Gasteiger partial charge is 0.452 e. The lowest BCUT2D eigenvalue weighted by molar-refractivity contribution is -0.119. The lowest BCUT2D eigenvalue weighted by atomic mass is 10.1. The first kappa shape index (κ1) is 21.2.